The van der Waals surface area contributed by atoms with E-state index in [4.69, 9.17) is 0 Å². The van der Waals surface area contributed by atoms with Crippen LogP contribution in [0.3, 0.4) is 0 Å². The molecule has 23 heavy (non-hydrogen) atoms. The normalized spacial score (nSPS) is 15.5. The number of aryl methyl sites for hydroxylation is 1. The number of aromatic amines is 2. The zero-order valence-electron chi connectivity index (χ0n) is 13.4. The largest absolute Gasteiger partial charge is 0.353 e. The van der Waals surface area contributed by atoms with Crippen LogP contribution in [0.15, 0.2) is 9.59 Å². The van der Waals surface area contributed by atoms with Crippen molar-refractivity contribution < 1.29 is 9.59 Å². The number of hydrogen-bond donors (Lipinski definition) is 3. The zero-order chi connectivity index (χ0) is 17.0. The van der Waals surface area contributed by atoms with Crippen molar-refractivity contribution in [3.8, 4) is 0 Å². The lowest BCUT2D eigenvalue weighted by Crippen LogP contribution is -2.46. The molecule has 0 radical (unpaired) electrons. The first-order valence-corrected chi connectivity index (χ1v) is 7.73. The van der Waals surface area contributed by atoms with Gasteiger partial charge in [-0.05, 0) is 26.2 Å². The maximum atomic E-state index is 12.0. The predicted octanol–water partition coefficient (Wildman–Crippen LogP) is -0.569. The van der Waals surface area contributed by atoms with Crippen molar-refractivity contribution in [2.24, 2.45) is 0 Å². The summed E-state index contributed by atoms with van der Waals surface area (Å²) >= 11 is 0. The van der Waals surface area contributed by atoms with Gasteiger partial charge in [-0.3, -0.25) is 19.4 Å². The third kappa shape index (κ3) is 4.54. The maximum Gasteiger partial charge on any atom is 0.325 e. The number of H-pyrrole nitrogens is 2. The highest BCUT2D eigenvalue weighted by atomic mass is 16.2. The molecule has 0 saturated carbocycles. The number of nitrogens with one attached hydrogen (secondary N) is 3. The Bertz CT molecular complexity index is 698. The summed E-state index contributed by atoms with van der Waals surface area (Å²) in [6, 6.07) is 0.0630. The van der Waals surface area contributed by atoms with E-state index in [2.05, 4.69) is 15.3 Å². The lowest BCUT2D eigenvalue weighted by Gasteiger charge is -2.31. The standard InChI is InChI=1S/C15H22N4O4/c1-9-12(14(22)18-15(23)16-9)3-4-13(21)17-11-5-7-19(8-6-11)10(2)20/h11H,3-8H2,1-2H3,(H,17,21)(H2,16,18,22,23). The summed E-state index contributed by atoms with van der Waals surface area (Å²) in [4.78, 5) is 52.6. The van der Waals surface area contributed by atoms with Crippen LogP contribution in [0, 0.1) is 6.92 Å². The molecule has 1 fully saturated rings. The summed E-state index contributed by atoms with van der Waals surface area (Å²) in [6.07, 6.45) is 1.94. The Balaban J connectivity index is 1.84. The Morgan fingerprint density at radius 1 is 1.22 bits per heavy atom. The molecule has 8 nitrogen and oxygen atoms in total. The van der Waals surface area contributed by atoms with Gasteiger partial charge in [-0.1, -0.05) is 0 Å². The Morgan fingerprint density at radius 2 is 1.87 bits per heavy atom. The van der Waals surface area contributed by atoms with E-state index in [-0.39, 0.29) is 30.7 Å². The van der Waals surface area contributed by atoms with Crippen LogP contribution < -0.4 is 16.6 Å². The molecule has 1 aliphatic heterocycles. The van der Waals surface area contributed by atoms with E-state index in [1.165, 1.54) is 0 Å². The van der Waals surface area contributed by atoms with Crippen LogP contribution >= 0.6 is 0 Å². The summed E-state index contributed by atoms with van der Waals surface area (Å²) in [5.74, 6) is -0.0705. The van der Waals surface area contributed by atoms with Crippen LogP contribution in [0.2, 0.25) is 0 Å². The lowest BCUT2D eigenvalue weighted by atomic mass is 10.0. The second-order valence-electron chi connectivity index (χ2n) is 5.86. The number of hydrogen-bond acceptors (Lipinski definition) is 4. The van der Waals surface area contributed by atoms with Gasteiger partial charge in [-0.2, -0.15) is 0 Å². The van der Waals surface area contributed by atoms with E-state index >= 15 is 0 Å². The van der Waals surface area contributed by atoms with Gasteiger partial charge in [0.15, 0.2) is 0 Å². The van der Waals surface area contributed by atoms with Gasteiger partial charge in [0.25, 0.3) is 5.56 Å². The fraction of sp³-hybridized carbons (Fsp3) is 0.600. The Labute approximate surface area is 133 Å². The van der Waals surface area contributed by atoms with E-state index in [0.717, 1.165) is 12.8 Å². The molecule has 1 saturated heterocycles. The first kappa shape index (κ1) is 17.0. The molecule has 1 aromatic heterocycles. The minimum Gasteiger partial charge on any atom is -0.353 e. The van der Waals surface area contributed by atoms with Gasteiger partial charge in [0.1, 0.15) is 0 Å². The van der Waals surface area contributed by atoms with Gasteiger partial charge in [0.05, 0.1) is 0 Å². The van der Waals surface area contributed by atoms with Gasteiger partial charge < -0.3 is 15.2 Å². The highest BCUT2D eigenvalue weighted by molar-refractivity contribution is 5.76. The molecule has 1 aromatic rings. The van der Waals surface area contributed by atoms with E-state index in [1.54, 1.807) is 18.7 Å². The molecule has 0 spiro atoms. The molecular formula is C15H22N4O4. The van der Waals surface area contributed by atoms with E-state index in [1.807, 2.05) is 0 Å². The van der Waals surface area contributed by atoms with Crippen LogP contribution in [0.4, 0.5) is 0 Å². The number of aromatic nitrogens is 2. The molecule has 2 amide bonds. The van der Waals surface area contributed by atoms with Gasteiger partial charge >= 0.3 is 5.69 Å². The molecular weight excluding hydrogens is 300 g/mol. The van der Waals surface area contributed by atoms with Crippen LogP contribution in [0.25, 0.3) is 0 Å². The van der Waals surface area contributed by atoms with Crippen LogP contribution in [0.1, 0.15) is 37.4 Å². The number of piperidine rings is 1. The van der Waals surface area contributed by atoms with E-state index in [9.17, 15) is 19.2 Å². The lowest BCUT2D eigenvalue weighted by molar-refractivity contribution is -0.130. The molecule has 2 rings (SSSR count). The molecule has 1 aliphatic rings. The van der Waals surface area contributed by atoms with Gasteiger partial charge in [-0.25, -0.2) is 4.79 Å². The zero-order valence-corrected chi connectivity index (χ0v) is 13.4. The van der Waals surface area contributed by atoms with Crippen molar-refractivity contribution in [3.63, 3.8) is 0 Å². The molecule has 0 unspecified atom stereocenters. The number of nitrogens with zero attached hydrogens (tertiary/aromatic N) is 1. The summed E-state index contributed by atoms with van der Waals surface area (Å²) in [5, 5.41) is 2.94. The van der Waals surface area contributed by atoms with Crippen molar-refractivity contribution in [2.45, 2.75) is 45.6 Å². The Hall–Kier alpha value is -2.38. The van der Waals surface area contributed by atoms with Crippen molar-refractivity contribution in [1.29, 1.82) is 0 Å². The quantitative estimate of drug-likeness (QED) is 0.688. The second-order valence-corrected chi connectivity index (χ2v) is 5.86. The first-order valence-electron chi connectivity index (χ1n) is 7.73. The molecule has 126 valence electrons. The Kier molecular flexibility index (Phi) is 5.36. The first-order chi connectivity index (χ1) is 10.9. The maximum absolute atomic E-state index is 12.0. The molecule has 0 atom stereocenters. The fourth-order valence-corrected chi connectivity index (χ4v) is 2.80. The highest BCUT2D eigenvalue weighted by Crippen LogP contribution is 2.11. The minimum absolute atomic E-state index is 0.0579. The van der Waals surface area contributed by atoms with Crippen molar-refractivity contribution in [1.82, 2.24) is 20.2 Å². The van der Waals surface area contributed by atoms with Crippen LogP contribution in [0.5, 0.6) is 0 Å². The third-order valence-corrected chi connectivity index (χ3v) is 4.16. The summed E-state index contributed by atoms with van der Waals surface area (Å²) < 4.78 is 0. The van der Waals surface area contributed by atoms with Gasteiger partial charge in [0, 0.05) is 43.7 Å². The smallest absolute Gasteiger partial charge is 0.325 e. The predicted molar refractivity (Wildman–Crippen MR) is 84.2 cm³/mol. The number of carbonyl (C=O) groups excluding carboxylic acids is 2. The van der Waals surface area contributed by atoms with E-state index in [0.29, 0.717) is 24.3 Å². The topological polar surface area (TPSA) is 115 Å². The number of likely N-dealkylation sites (tertiary alicyclic amines) is 1. The number of carbonyl (C=O) groups is 2. The number of rotatable bonds is 4. The van der Waals surface area contributed by atoms with Crippen molar-refractivity contribution >= 4 is 11.8 Å². The molecule has 0 aliphatic carbocycles. The summed E-state index contributed by atoms with van der Waals surface area (Å²) in [7, 11) is 0. The average molecular weight is 322 g/mol. The summed E-state index contributed by atoms with van der Waals surface area (Å²) in [6.45, 7) is 4.49. The SMILES string of the molecule is CC(=O)N1CCC(NC(=O)CCc2c(C)[nH]c(=O)[nH]c2=O)CC1. The molecule has 0 bridgehead atoms. The molecule has 2 heterocycles. The van der Waals surface area contributed by atoms with Crippen molar-refractivity contribution in [2.75, 3.05) is 13.1 Å². The third-order valence-electron chi connectivity index (χ3n) is 4.16. The molecule has 8 heteroatoms. The molecule has 0 aromatic carbocycles. The fourth-order valence-electron chi connectivity index (χ4n) is 2.80. The number of amides is 2. The average Bonchev–Trinajstić information content (AvgIpc) is 2.46. The highest BCUT2D eigenvalue weighted by Gasteiger charge is 2.22. The van der Waals surface area contributed by atoms with Crippen LogP contribution in [-0.4, -0.2) is 45.8 Å². The van der Waals surface area contributed by atoms with Crippen molar-refractivity contribution in [3.05, 3.63) is 32.1 Å². The molecule has 3 N–H and O–H groups in total. The monoisotopic (exact) mass is 322 g/mol. The van der Waals surface area contributed by atoms with Gasteiger partial charge in [0.2, 0.25) is 11.8 Å². The minimum atomic E-state index is -0.544. The summed E-state index contributed by atoms with van der Waals surface area (Å²) in [5.41, 5.74) is -0.0841. The Morgan fingerprint density at radius 3 is 2.43 bits per heavy atom. The van der Waals surface area contributed by atoms with E-state index < -0.39 is 11.2 Å². The van der Waals surface area contributed by atoms with Crippen LogP contribution in [-0.2, 0) is 16.0 Å². The van der Waals surface area contributed by atoms with Gasteiger partial charge in [-0.15, -0.1) is 0 Å². The second kappa shape index (κ2) is 7.26.